The van der Waals surface area contributed by atoms with Gasteiger partial charge in [0.05, 0.1) is 63.4 Å². The molecule has 7 rings (SSSR count). The van der Waals surface area contributed by atoms with Crippen molar-refractivity contribution in [1.29, 1.82) is 10.5 Å². The fourth-order valence-corrected chi connectivity index (χ4v) is 9.21. The van der Waals surface area contributed by atoms with Crippen LogP contribution in [0.1, 0.15) is 116 Å². The molecule has 0 spiro atoms. The zero-order valence-corrected chi connectivity index (χ0v) is 31.9. The van der Waals surface area contributed by atoms with E-state index in [0.29, 0.717) is 11.1 Å². The maximum absolute atomic E-state index is 10.7. The van der Waals surface area contributed by atoms with E-state index in [-0.39, 0.29) is 21.7 Å². The first-order valence-corrected chi connectivity index (χ1v) is 18.4. The number of fused-ring (bicyclic) bond motifs is 6. The van der Waals surface area contributed by atoms with Crippen molar-refractivity contribution in [1.82, 2.24) is 9.13 Å². The Hall–Kier alpha value is -4.10. The molecule has 0 radical (unpaired) electrons. The van der Waals surface area contributed by atoms with Crippen molar-refractivity contribution < 1.29 is 0 Å². The van der Waals surface area contributed by atoms with Crippen LogP contribution in [0, 0.1) is 22.7 Å². The minimum atomic E-state index is -0.108. The highest BCUT2D eigenvalue weighted by molar-refractivity contribution is 7.24. The van der Waals surface area contributed by atoms with Gasteiger partial charge in [0, 0.05) is 0 Å². The van der Waals surface area contributed by atoms with Gasteiger partial charge >= 0.3 is 0 Å². The second-order valence-electron chi connectivity index (χ2n) is 17.5. The number of hydrogen-bond donors (Lipinski definition) is 0. The summed E-state index contributed by atoms with van der Waals surface area (Å²) in [6.45, 7) is 26.8. The Morgan fingerprint density at radius 2 is 0.729 bits per heavy atom. The van der Waals surface area contributed by atoms with Crippen molar-refractivity contribution >= 4 is 63.5 Å². The number of rotatable bonds is 0. The molecule has 3 aliphatic rings. The molecule has 48 heavy (non-hydrogen) atoms. The van der Waals surface area contributed by atoms with Crippen molar-refractivity contribution in [2.24, 2.45) is 0 Å². The van der Waals surface area contributed by atoms with Crippen molar-refractivity contribution in [2.45, 2.75) is 105 Å². The minimum absolute atomic E-state index is 0.107. The average molecular weight is 669 g/mol. The standard InChI is InChI=1S/C42H44N4S2/c1-39(2,3)25-13-23(21-43)35-31(17-25)47-33-19-27(41(7,8)9)16-30-37(33)45(35)29-15-28(42(10,11)12)20-34-38(29)46(30)36-24(22-44)14-26(40(4,5)6)18-32(36)48-34/h13-20H,1-12H3. The van der Waals surface area contributed by atoms with Crippen LogP contribution in [-0.2, 0) is 21.7 Å². The Morgan fingerprint density at radius 1 is 0.438 bits per heavy atom. The summed E-state index contributed by atoms with van der Waals surface area (Å²) < 4.78 is 9.28. The molecule has 0 saturated carbocycles. The zero-order valence-electron chi connectivity index (χ0n) is 30.2. The Morgan fingerprint density at radius 3 is 1.02 bits per heavy atom. The fourth-order valence-electron chi connectivity index (χ4n) is 6.81. The molecule has 4 aromatic rings. The molecule has 0 fully saturated rings. The minimum Gasteiger partial charge on any atom is -0.302 e. The monoisotopic (exact) mass is 668 g/mol. The first-order chi connectivity index (χ1) is 22.2. The molecule has 0 saturated heterocycles. The molecular weight excluding hydrogens is 625 g/mol. The van der Waals surface area contributed by atoms with E-state index in [1.165, 1.54) is 11.1 Å². The van der Waals surface area contributed by atoms with Gasteiger partial charge in [-0.2, -0.15) is 10.5 Å². The van der Waals surface area contributed by atoms with E-state index in [9.17, 15) is 10.5 Å². The lowest BCUT2D eigenvalue weighted by Crippen LogP contribution is -2.19. The third-order valence-corrected chi connectivity index (χ3v) is 11.9. The van der Waals surface area contributed by atoms with Gasteiger partial charge in [-0.05, 0) is 92.4 Å². The van der Waals surface area contributed by atoms with Crippen molar-refractivity contribution in [3.05, 3.63) is 81.9 Å². The van der Waals surface area contributed by atoms with Crippen LogP contribution in [-0.4, -0.2) is 9.13 Å². The largest absolute Gasteiger partial charge is 0.302 e. The van der Waals surface area contributed by atoms with Crippen LogP contribution in [0.4, 0.5) is 0 Å². The molecule has 3 heterocycles. The summed E-state index contributed by atoms with van der Waals surface area (Å²) in [5.41, 5.74) is 11.9. The fraction of sp³-hybridized carbons (Fsp3) is 0.381. The SMILES string of the molecule is CC(C)(C)c1cc(C#N)c2c(c1)sc1cc(C(C)(C)C)cc3c1-n2c1cc(C(C)(C)C)cc2sc4cc(C(C)(C)C)cc(C#N)c4n3-c21. The number of nitriles is 2. The van der Waals surface area contributed by atoms with Gasteiger partial charge in [0.15, 0.2) is 0 Å². The Balaban J connectivity index is 1.87. The molecule has 0 bridgehead atoms. The van der Waals surface area contributed by atoms with Gasteiger partial charge in [-0.3, -0.25) is 0 Å². The molecule has 0 atom stereocenters. The summed E-state index contributed by atoms with van der Waals surface area (Å²) in [6.07, 6.45) is 0. The second kappa shape index (κ2) is 10.2. The molecule has 0 N–H and O–H groups in total. The van der Waals surface area contributed by atoms with E-state index in [2.05, 4.69) is 153 Å². The lowest BCUT2D eigenvalue weighted by atomic mass is 9.85. The third kappa shape index (κ3) is 4.88. The van der Waals surface area contributed by atoms with Crippen LogP contribution in [0.15, 0.2) is 48.5 Å². The van der Waals surface area contributed by atoms with Crippen molar-refractivity contribution in [3.8, 4) is 23.5 Å². The molecule has 244 valence electrons. The van der Waals surface area contributed by atoms with Crippen LogP contribution in [0.2, 0.25) is 0 Å². The van der Waals surface area contributed by atoms with E-state index in [4.69, 9.17) is 0 Å². The molecular formula is C42H44N4S2. The van der Waals surface area contributed by atoms with E-state index < -0.39 is 0 Å². The summed E-state index contributed by atoms with van der Waals surface area (Å²) in [5.74, 6) is 0. The van der Waals surface area contributed by atoms with E-state index in [0.717, 1.165) is 63.4 Å². The summed E-state index contributed by atoms with van der Waals surface area (Å²) >= 11 is 3.53. The predicted octanol–water partition coefficient (Wildman–Crippen LogP) is 12.4. The molecule has 6 heteroatoms. The topological polar surface area (TPSA) is 57.4 Å². The summed E-state index contributed by atoms with van der Waals surface area (Å²) in [5, 5.41) is 21.5. The molecule has 4 nitrogen and oxygen atoms in total. The Kier molecular flexibility index (Phi) is 6.90. The normalized spacial score (nSPS) is 13.4. The van der Waals surface area contributed by atoms with Gasteiger partial charge in [0.2, 0.25) is 0 Å². The first-order valence-electron chi connectivity index (χ1n) is 16.7. The number of nitrogens with zero attached hydrogens (tertiary/aromatic N) is 4. The van der Waals surface area contributed by atoms with Gasteiger partial charge in [0.1, 0.15) is 12.1 Å². The van der Waals surface area contributed by atoms with Gasteiger partial charge in [-0.1, -0.05) is 83.1 Å². The maximum Gasteiger partial charge on any atom is 0.101 e. The smallest absolute Gasteiger partial charge is 0.101 e. The van der Waals surface area contributed by atoms with Crippen LogP contribution in [0.25, 0.3) is 52.2 Å². The van der Waals surface area contributed by atoms with Crippen molar-refractivity contribution in [2.75, 3.05) is 0 Å². The van der Waals surface area contributed by atoms with Gasteiger partial charge in [-0.25, -0.2) is 0 Å². The highest BCUT2D eigenvalue weighted by atomic mass is 32.1. The van der Waals surface area contributed by atoms with Gasteiger partial charge in [0.25, 0.3) is 0 Å². The van der Waals surface area contributed by atoms with Crippen LogP contribution in [0.5, 0.6) is 0 Å². The van der Waals surface area contributed by atoms with Crippen LogP contribution in [0.3, 0.4) is 0 Å². The number of hydrogen-bond acceptors (Lipinski definition) is 4. The van der Waals surface area contributed by atoms with E-state index in [1.54, 1.807) is 22.7 Å². The highest BCUT2D eigenvalue weighted by Gasteiger charge is 2.31. The average Bonchev–Trinajstić information content (AvgIpc) is 2.98. The van der Waals surface area contributed by atoms with Crippen molar-refractivity contribution in [3.63, 3.8) is 0 Å². The van der Waals surface area contributed by atoms with Crippen LogP contribution >= 0.6 is 22.7 Å². The number of benzene rings is 4. The lowest BCUT2D eigenvalue weighted by Gasteiger charge is -2.33. The molecule has 3 aliphatic heterocycles. The second-order valence-corrected chi connectivity index (χ2v) is 19.7. The molecule has 0 aliphatic carbocycles. The Bertz CT molecular complexity index is 2320. The molecule has 0 unspecified atom stereocenters. The zero-order chi connectivity index (χ0) is 34.9. The highest BCUT2D eigenvalue weighted by Crippen LogP contribution is 2.49. The molecule has 4 aromatic carbocycles. The summed E-state index contributed by atoms with van der Waals surface area (Å²) in [7, 11) is 0. The summed E-state index contributed by atoms with van der Waals surface area (Å²) in [6, 6.07) is 23.3. The maximum atomic E-state index is 10.7. The van der Waals surface area contributed by atoms with Gasteiger partial charge < -0.3 is 9.13 Å². The number of aromatic nitrogens is 2. The molecule has 0 amide bonds. The predicted molar refractivity (Wildman–Crippen MR) is 206 cm³/mol. The Labute approximate surface area is 292 Å². The first kappa shape index (κ1) is 32.4. The van der Waals surface area contributed by atoms with Crippen LogP contribution < -0.4 is 0 Å². The van der Waals surface area contributed by atoms with E-state index in [1.807, 2.05) is 0 Å². The van der Waals surface area contributed by atoms with Gasteiger partial charge in [-0.15, -0.1) is 22.7 Å². The third-order valence-electron chi connectivity index (χ3n) is 9.78. The van der Waals surface area contributed by atoms with E-state index >= 15 is 0 Å². The summed E-state index contributed by atoms with van der Waals surface area (Å²) in [4.78, 5) is 0. The lowest BCUT2D eigenvalue weighted by molar-refractivity contribution is 0.590. The quantitative estimate of drug-likeness (QED) is 0.119. The molecule has 0 aromatic heterocycles.